The van der Waals surface area contributed by atoms with E-state index in [1.165, 1.54) is 6.08 Å². The topological polar surface area (TPSA) is 42.2 Å². The average molecular weight is 368 g/mol. The molecule has 4 heteroatoms. The highest BCUT2D eigenvalue weighted by molar-refractivity contribution is 9.10. The second-order valence-corrected chi connectivity index (χ2v) is 5.72. The highest BCUT2D eigenvalue weighted by Crippen LogP contribution is 2.23. The van der Waals surface area contributed by atoms with Crippen molar-refractivity contribution in [2.24, 2.45) is 0 Å². The predicted octanol–water partition coefficient (Wildman–Crippen LogP) is 5.36. The van der Waals surface area contributed by atoms with E-state index in [-0.39, 0.29) is 5.91 Å². The summed E-state index contributed by atoms with van der Waals surface area (Å²) in [6.45, 7) is 0. The summed E-state index contributed by atoms with van der Waals surface area (Å²) < 4.78 is 6.56. The molecule has 0 aliphatic carbocycles. The molecule has 0 aliphatic heterocycles. The zero-order chi connectivity index (χ0) is 16.1. The number of amides is 1. The van der Waals surface area contributed by atoms with Crippen LogP contribution in [0.3, 0.4) is 0 Å². The maximum absolute atomic E-state index is 12.0. The van der Waals surface area contributed by atoms with Gasteiger partial charge in [-0.2, -0.15) is 0 Å². The molecule has 0 saturated heterocycles. The van der Waals surface area contributed by atoms with Crippen LogP contribution in [0.5, 0.6) is 0 Å². The zero-order valence-electron chi connectivity index (χ0n) is 12.2. The molecule has 2 aromatic carbocycles. The molecule has 0 fully saturated rings. The number of hydrogen-bond acceptors (Lipinski definition) is 2. The second kappa shape index (κ2) is 7.11. The zero-order valence-corrected chi connectivity index (χ0v) is 13.8. The van der Waals surface area contributed by atoms with Crippen LogP contribution in [0.25, 0.3) is 17.4 Å². The molecule has 0 unspecified atom stereocenters. The molecule has 3 rings (SSSR count). The van der Waals surface area contributed by atoms with E-state index in [4.69, 9.17) is 4.42 Å². The lowest BCUT2D eigenvalue weighted by Gasteiger charge is -2.03. The average Bonchev–Trinajstić information content (AvgIpc) is 3.05. The van der Waals surface area contributed by atoms with Gasteiger partial charge in [-0.1, -0.05) is 42.5 Å². The molecule has 23 heavy (non-hydrogen) atoms. The van der Waals surface area contributed by atoms with Crippen LogP contribution in [-0.2, 0) is 4.79 Å². The summed E-state index contributed by atoms with van der Waals surface area (Å²) in [6.07, 6.45) is 3.10. The summed E-state index contributed by atoms with van der Waals surface area (Å²) >= 11 is 3.39. The van der Waals surface area contributed by atoms with E-state index in [1.807, 2.05) is 66.7 Å². The summed E-state index contributed by atoms with van der Waals surface area (Å²) in [5.41, 5.74) is 1.73. The van der Waals surface area contributed by atoms with Crippen LogP contribution in [0.4, 0.5) is 5.69 Å². The van der Waals surface area contributed by atoms with Crippen LogP contribution in [0.15, 0.2) is 81.7 Å². The first-order valence-corrected chi connectivity index (χ1v) is 7.90. The van der Waals surface area contributed by atoms with Crippen LogP contribution in [0, 0.1) is 0 Å². The first kappa shape index (κ1) is 15.3. The van der Waals surface area contributed by atoms with Crippen molar-refractivity contribution in [2.45, 2.75) is 0 Å². The molecule has 0 atom stereocenters. The molecule has 114 valence electrons. The third kappa shape index (κ3) is 3.99. The number of benzene rings is 2. The minimum atomic E-state index is -0.213. The highest BCUT2D eigenvalue weighted by atomic mass is 79.9. The molecule has 0 aliphatic rings. The van der Waals surface area contributed by atoms with Crippen molar-refractivity contribution in [3.05, 3.63) is 83.0 Å². The van der Waals surface area contributed by atoms with E-state index in [0.29, 0.717) is 5.76 Å². The molecule has 0 bridgehead atoms. The molecule has 0 radical (unpaired) electrons. The fourth-order valence-corrected chi connectivity index (χ4v) is 2.48. The molecular formula is C19H14BrNO2. The van der Waals surface area contributed by atoms with Crippen molar-refractivity contribution >= 4 is 33.6 Å². The van der Waals surface area contributed by atoms with E-state index in [0.717, 1.165) is 21.5 Å². The van der Waals surface area contributed by atoms with Gasteiger partial charge >= 0.3 is 0 Å². The van der Waals surface area contributed by atoms with Gasteiger partial charge in [-0.15, -0.1) is 0 Å². The van der Waals surface area contributed by atoms with E-state index in [1.54, 1.807) is 6.08 Å². The number of para-hydroxylation sites is 1. The smallest absolute Gasteiger partial charge is 0.248 e. The third-order valence-corrected chi connectivity index (χ3v) is 3.91. The number of anilines is 1. The Labute approximate surface area is 142 Å². The van der Waals surface area contributed by atoms with Crippen LogP contribution in [0.2, 0.25) is 0 Å². The van der Waals surface area contributed by atoms with Crippen molar-refractivity contribution in [3.8, 4) is 11.3 Å². The van der Waals surface area contributed by atoms with Crippen molar-refractivity contribution < 1.29 is 9.21 Å². The van der Waals surface area contributed by atoms with Crippen LogP contribution >= 0.6 is 15.9 Å². The van der Waals surface area contributed by atoms with Gasteiger partial charge in [-0.25, -0.2) is 0 Å². The summed E-state index contributed by atoms with van der Waals surface area (Å²) in [5, 5.41) is 2.80. The first-order chi connectivity index (χ1) is 11.2. The van der Waals surface area contributed by atoms with Gasteiger partial charge in [0.15, 0.2) is 0 Å². The number of hydrogen-bond donors (Lipinski definition) is 1. The molecule has 3 aromatic rings. The van der Waals surface area contributed by atoms with E-state index >= 15 is 0 Å². The van der Waals surface area contributed by atoms with Crippen molar-refractivity contribution in [1.29, 1.82) is 0 Å². The van der Waals surface area contributed by atoms with Gasteiger partial charge in [0.2, 0.25) is 5.91 Å². The third-order valence-electron chi connectivity index (χ3n) is 3.22. The Bertz CT molecular complexity index is 837. The highest BCUT2D eigenvalue weighted by Gasteiger charge is 2.04. The lowest BCUT2D eigenvalue weighted by Crippen LogP contribution is -2.07. The Hall–Kier alpha value is -2.59. The fourth-order valence-electron chi connectivity index (χ4n) is 2.09. The van der Waals surface area contributed by atoms with Gasteiger partial charge in [0.25, 0.3) is 0 Å². The van der Waals surface area contributed by atoms with Gasteiger partial charge in [0, 0.05) is 16.1 Å². The molecule has 1 aromatic heterocycles. The quantitative estimate of drug-likeness (QED) is 0.630. The second-order valence-electron chi connectivity index (χ2n) is 4.87. The summed E-state index contributed by atoms with van der Waals surface area (Å²) in [5.74, 6) is 1.19. The number of rotatable bonds is 4. The largest absolute Gasteiger partial charge is 0.457 e. The number of carbonyl (C=O) groups is 1. The van der Waals surface area contributed by atoms with Crippen LogP contribution < -0.4 is 5.32 Å². The molecule has 0 saturated carbocycles. The van der Waals surface area contributed by atoms with Crippen LogP contribution in [-0.4, -0.2) is 5.91 Å². The Morgan fingerprint density at radius 1 is 0.957 bits per heavy atom. The SMILES string of the molecule is O=C(/C=C/c1ccc(-c2ccccc2)o1)Nc1ccccc1Br. The minimum Gasteiger partial charge on any atom is -0.457 e. The van der Waals surface area contributed by atoms with Crippen molar-refractivity contribution in [3.63, 3.8) is 0 Å². The Morgan fingerprint density at radius 3 is 2.48 bits per heavy atom. The number of carbonyl (C=O) groups excluding carboxylic acids is 1. The molecular weight excluding hydrogens is 354 g/mol. The standard InChI is InChI=1S/C19H14BrNO2/c20-16-8-4-5-9-17(16)21-19(22)13-11-15-10-12-18(23-15)14-6-2-1-3-7-14/h1-13H,(H,21,22)/b13-11+. The van der Waals surface area contributed by atoms with Crippen LogP contribution in [0.1, 0.15) is 5.76 Å². The summed E-state index contributed by atoms with van der Waals surface area (Å²) in [7, 11) is 0. The maximum Gasteiger partial charge on any atom is 0.248 e. The lowest BCUT2D eigenvalue weighted by molar-refractivity contribution is -0.111. The Kier molecular flexibility index (Phi) is 4.74. The van der Waals surface area contributed by atoms with E-state index in [9.17, 15) is 4.79 Å². The van der Waals surface area contributed by atoms with E-state index in [2.05, 4.69) is 21.2 Å². The Balaban J connectivity index is 1.68. The molecule has 1 amide bonds. The van der Waals surface area contributed by atoms with Gasteiger partial charge < -0.3 is 9.73 Å². The van der Waals surface area contributed by atoms with Crippen molar-refractivity contribution in [2.75, 3.05) is 5.32 Å². The molecule has 3 nitrogen and oxygen atoms in total. The summed E-state index contributed by atoms with van der Waals surface area (Å²) in [6, 6.07) is 21.0. The molecule has 0 spiro atoms. The molecule has 1 heterocycles. The van der Waals surface area contributed by atoms with E-state index < -0.39 is 0 Å². The number of furan rings is 1. The lowest BCUT2D eigenvalue weighted by atomic mass is 10.2. The van der Waals surface area contributed by atoms with Gasteiger partial charge in [-0.3, -0.25) is 4.79 Å². The van der Waals surface area contributed by atoms with Crippen molar-refractivity contribution in [1.82, 2.24) is 0 Å². The minimum absolute atomic E-state index is 0.213. The first-order valence-electron chi connectivity index (χ1n) is 7.11. The number of halogens is 1. The normalized spacial score (nSPS) is 10.8. The maximum atomic E-state index is 12.0. The fraction of sp³-hybridized carbons (Fsp3) is 0. The molecule has 1 N–H and O–H groups in total. The number of nitrogens with one attached hydrogen (secondary N) is 1. The van der Waals surface area contributed by atoms with Gasteiger partial charge in [-0.05, 0) is 46.3 Å². The summed E-state index contributed by atoms with van der Waals surface area (Å²) in [4.78, 5) is 12.0. The monoisotopic (exact) mass is 367 g/mol. The van der Waals surface area contributed by atoms with Gasteiger partial charge in [0.1, 0.15) is 11.5 Å². The predicted molar refractivity (Wildman–Crippen MR) is 95.9 cm³/mol. The van der Waals surface area contributed by atoms with Gasteiger partial charge in [0.05, 0.1) is 5.69 Å². The Morgan fingerprint density at radius 2 is 1.70 bits per heavy atom.